The molecule has 0 spiro atoms. The molecular weight excluding hydrogens is 479 g/mol. The molecule has 3 rings (SSSR count). The van der Waals surface area contributed by atoms with Crippen molar-refractivity contribution in [2.45, 2.75) is 26.3 Å². The summed E-state index contributed by atoms with van der Waals surface area (Å²) in [5, 5.41) is 12.5. The minimum absolute atomic E-state index is 0.319. The normalized spacial score (nSPS) is 12.9. The van der Waals surface area contributed by atoms with E-state index in [4.69, 9.17) is 34.8 Å². The highest BCUT2D eigenvalue weighted by molar-refractivity contribution is 6.36. The third kappa shape index (κ3) is 6.61. The molecule has 174 valence electrons. The van der Waals surface area contributed by atoms with Crippen LogP contribution in [0.1, 0.15) is 20.3 Å². The maximum atomic E-state index is 12.8. The molecule has 2 N–H and O–H groups in total. The van der Waals surface area contributed by atoms with Gasteiger partial charge >= 0.3 is 6.03 Å². The van der Waals surface area contributed by atoms with Gasteiger partial charge in [0.15, 0.2) is 0 Å². The van der Waals surface area contributed by atoms with Crippen LogP contribution >= 0.6 is 34.8 Å². The molecule has 8 heteroatoms. The predicted octanol–water partition coefficient (Wildman–Crippen LogP) is 6.93. The van der Waals surface area contributed by atoms with Crippen LogP contribution < -0.4 is 10.6 Å². The Balaban J connectivity index is 1.79. The van der Waals surface area contributed by atoms with Crippen molar-refractivity contribution in [1.29, 1.82) is 0 Å². The van der Waals surface area contributed by atoms with Gasteiger partial charge < -0.3 is 10.6 Å². The molecule has 0 saturated carbocycles. The number of carbonyl (C=O) groups is 1. The van der Waals surface area contributed by atoms with Gasteiger partial charge in [-0.05, 0) is 55.2 Å². The monoisotopic (exact) mass is 504 g/mol. The van der Waals surface area contributed by atoms with Gasteiger partial charge in [0, 0.05) is 46.5 Å². The molecule has 1 aromatic heterocycles. The lowest BCUT2D eigenvalue weighted by Gasteiger charge is -2.20. The Bertz CT molecular complexity index is 1110. The Morgan fingerprint density at radius 2 is 1.76 bits per heavy atom. The molecule has 0 aliphatic heterocycles. The number of hydrogen-bond acceptors (Lipinski definition) is 3. The van der Waals surface area contributed by atoms with Crippen molar-refractivity contribution < 1.29 is 4.79 Å². The summed E-state index contributed by atoms with van der Waals surface area (Å²) in [4.78, 5) is 12.8. The van der Waals surface area contributed by atoms with Crippen LogP contribution in [-0.2, 0) is 0 Å². The number of carbonyl (C=O) groups excluding carboxylic acids is 1. The summed E-state index contributed by atoms with van der Waals surface area (Å²) in [6.07, 6.45) is 4.56. The van der Waals surface area contributed by atoms with Gasteiger partial charge in [0.1, 0.15) is 5.69 Å². The maximum Gasteiger partial charge on any atom is 0.342 e. The van der Waals surface area contributed by atoms with Gasteiger partial charge in [0.05, 0.1) is 5.02 Å². The molecule has 0 bridgehead atoms. The number of nitrogens with zero attached hydrogens (tertiary/aromatic N) is 2. The molecule has 0 radical (unpaired) electrons. The van der Waals surface area contributed by atoms with Crippen LogP contribution in [0, 0.1) is 5.92 Å². The van der Waals surface area contributed by atoms with E-state index in [1.165, 1.54) is 4.68 Å². The number of halogens is 3. The third-order valence-electron chi connectivity index (χ3n) is 5.52. The molecule has 0 aliphatic carbocycles. The first-order valence-corrected chi connectivity index (χ1v) is 11.9. The highest BCUT2D eigenvalue weighted by Crippen LogP contribution is 2.36. The summed E-state index contributed by atoms with van der Waals surface area (Å²) >= 11 is 18.6. The number of amides is 1. The lowest BCUT2D eigenvalue weighted by Crippen LogP contribution is -2.39. The first kappa shape index (κ1) is 25.3. The van der Waals surface area contributed by atoms with Crippen molar-refractivity contribution in [2.24, 2.45) is 5.92 Å². The van der Waals surface area contributed by atoms with Crippen molar-refractivity contribution in [3.05, 3.63) is 76.4 Å². The van der Waals surface area contributed by atoms with Crippen LogP contribution in [-0.4, -0.2) is 34.9 Å². The largest absolute Gasteiger partial charge is 0.342 e. The Morgan fingerprint density at radius 3 is 2.42 bits per heavy atom. The molecule has 2 atom stereocenters. The molecule has 33 heavy (non-hydrogen) atoms. The fraction of sp³-hybridized carbons (Fsp3) is 0.280. The van der Waals surface area contributed by atoms with E-state index in [1.54, 1.807) is 36.5 Å². The molecule has 0 saturated heterocycles. The van der Waals surface area contributed by atoms with Gasteiger partial charge in [-0.25, -0.2) is 4.79 Å². The number of allylic oxidation sites excluding steroid dienone is 1. The van der Waals surface area contributed by atoms with E-state index in [1.807, 2.05) is 18.2 Å². The lowest BCUT2D eigenvalue weighted by atomic mass is 10.00. The van der Waals surface area contributed by atoms with E-state index in [0.717, 1.165) is 17.5 Å². The standard InChI is InChI=1S/C25H27Cl3N4O/c1-4-5-16(2)17(3)29-12-13-30-25(33)32-15-22(18-6-8-19(26)9-7-18)24(31-32)21-11-10-20(27)14-23(21)28/h4,6-11,14-17,29H,1,5,12-13H2,2-3H3,(H,30,33). The van der Waals surface area contributed by atoms with E-state index >= 15 is 0 Å². The SMILES string of the molecule is C=CCC(C)C(C)NCCNC(=O)n1cc(-c2ccc(Cl)cc2)c(-c2ccc(Cl)cc2Cl)n1. The van der Waals surface area contributed by atoms with Crippen molar-refractivity contribution >= 4 is 40.8 Å². The number of nitrogens with one attached hydrogen (secondary N) is 2. The van der Waals surface area contributed by atoms with E-state index in [9.17, 15) is 4.79 Å². The molecular formula is C25H27Cl3N4O. The molecule has 0 aliphatic rings. The highest BCUT2D eigenvalue weighted by atomic mass is 35.5. The highest BCUT2D eigenvalue weighted by Gasteiger charge is 2.19. The smallest absolute Gasteiger partial charge is 0.335 e. The second-order valence-electron chi connectivity index (χ2n) is 7.94. The van der Waals surface area contributed by atoms with Gasteiger partial charge in [-0.3, -0.25) is 0 Å². The molecule has 5 nitrogen and oxygen atoms in total. The van der Waals surface area contributed by atoms with Crippen LogP contribution in [0.4, 0.5) is 4.79 Å². The van der Waals surface area contributed by atoms with Gasteiger partial charge in [-0.15, -0.1) is 6.58 Å². The second-order valence-corrected chi connectivity index (χ2v) is 9.22. The van der Waals surface area contributed by atoms with Crippen LogP contribution in [0.3, 0.4) is 0 Å². The molecule has 0 fully saturated rings. The Labute approximate surface area is 209 Å². The Hall–Kier alpha value is -2.31. The van der Waals surface area contributed by atoms with Gasteiger partial charge in [-0.1, -0.05) is 59.9 Å². The summed E-state index contributed by atoms with van der Waals surface area (Å²) in [5.41, 5.74) is 2.89. The number of hydrogen-bond donors (Lipinski definition) is 2. The molecule has 1 heterocycles. The Morgan fingerprint density at radius 1 is 1.06 bits per heavy atom. The molecule has 2 aromatic carbocycles. The summed E-state index contributed by atoms with van der Waals surface area (Å²) in [7, 11) is 0. The van der Waals surface area contributed by atoms with Crippen molar-refractivity contribution in [3.8, 4) is 22.4 Å². The first-order valence-electron chi connectivity index (χ1n) is 10.7. The summed E-state index contributed by atoms with van der Waals surface area (Å²) in [6.45, 7) is 9.20. The van der Waals surface area contributed by atoms with E-state index in [0.29, 0.717) is 51.4 Å². The fourth-order valence-corrected chi connectivity index (χ4v) is 4.04. The van der Waals surface area contributed by atoms with Gasteiger partial charge in [0.2, 0.25) is 0 Å². The molecule has 1 amide bonds. The van der Waals surface area contributed by atoms with E-state index in [-0.39, 0.29) is 6.03 Å². The fourth-order valence-electron chi connectivity index (χ4n) is 3.42. The van der Waals surface area contributed by atoms with E-state index in [2.05, 4.69) is 36.2 Å². The maximum absolute atomic E-state index is 12.8. The molecule has 2 unspecified atom stereocenters. The predicted molar refractivity (Wildman–Crippen MR) is 138 cm³/mol. The first-order chi connectivity index (χ1) is 15.8. The number of rotatable bonds is 9. The molecule has 3 aromatic rings. The zero-order valence-corrected chi connectivity index (χ0v) is 20.9. The van der Waals surface area contributed by atoms with Crippen LogP contribution in [0.15, 0.2) is 61.3 Å². The summed E-state index contributed by atoms with van der Waals surface area (Å²) < 4.78 is 1.30. The van der Waals surface area contributed by atoms with Gasteiger partial charge in [-0.2, -0.15) is 9.78 Å². The minimum atomic E-state index is -0.324. The van der Waals surface area contributed by atoms with Crippen LogP contribution in [0.5, 0.6) is 0 Å². The number of benzene rings is 2. The second kappa shape index (κ2) is 11.7. The summed E-state index contributed by atoms with van der Waals surface area (Å²) in [6, 6.07) is 12.5. The van der Waals surface area contributed by atoms with E-state index < -0.39 is 0 Å². The number of aromatic nitrogens is 2. The van der Waals surface area contributed by atoms with Crippen molar-refractivity contribution in [1.82, 2.24) is 20.4 Å². The minimum Gasteiger partial charge on any atom is -0.335 e. The van der Waals surface area contributed by atoms with Crippen molar-refractivity contribution in [3.63, 3.8) is 0 Å². The Kier molecular flexibility index (Phi) is 8.98. The van der Waals surface area contributed by atoms with Crippen LogP contribution in [0.2, 0.25) is 15.1 Å². The third-order valence-corrected chi connectivity index (χ3v) is 6.32. The average molecular weight is 506 g/mol. The quantitative estimate of drug-likeness (QED) is 0.245. The zero-order valence-electron chi connectivity index (χ0n) is 18.6. The zero-order chi connectivity index (χ0) is 24.0. The topological polar surface area (TPSA) is 58.9 Å². The van der Waals surface area contributed by atoms with Gasteiger partial charge in [0.25, 0.3) is 0 Å². The van der Waals surface area contributed by atoms with Crippen LogP contribution in [0.25, 0.3) is 22.4 Å². The lowest BCUT2D eigenvalue weighted by molar-refractivity contribution is 0.239. The van der Waals surface area contributed by atoms with Crippen molar-refractivity contribution in [2.75, 3.05) is 13.1 Å². The summed E-state index contributed by atoms with van der Waals surface area (Å²) in [5.74, 6) is 0.470. The average Bonchev–Trinajstić information content (AvgIpc) is 3.22.